The number of nitrogens with one attached hydrogen (secondary N) is 1. The third-order valence-electron chi connectivity index (χ3n) is 3.13. The highest BCUT2D eigenvalue weighted by Gasteiger charge is 2.21. The molecule has 0 bridgehead atoms. The third kappa shape index (κ3) is 1.96. The highest BCUT2D eigenvalue weighted by Crippen LogP contribution is 2.39. The Labute approximate surface area is 124 Å². The van der Waals surface area contributed by atoms with Gasteiger partial charge in [-0.15, -0.1) is 0 Å². The van der Waals surface area contributed by atoms with E-state index in [0.29, 0.717) is 22.4 Å². The van der Waals surface area contributed by atoms with E-state index < -0.39 is 0 Å². The zero-order valence-corrected chi connectivity index (χ0v) is 12.1. The Morgan fingerprint density at radius 3 is 3.10 bits per heavy atom. The number of nitrogens with zero attached hydrogens (tertiary/aromatic N) is 2. The van der Waals surface area contributed by atoms with E-state index in [9.17, 15) is 4.79 Å². The number of ether oxygens (including phenoxy) is 1. The average Bonchev–Trinajstić information content (AvgIpc) is 3.01. The molecule has 0 aliphatic carbocycles. The van der Waals surface area contributed by atoms with Gasteiger partial charge in [0.25, 0.3) is 5.56 Å². The highest BCUT2D eigenvalue weighted by atomic mass is 35.5. The molecule has 0 spiro atoms. The summed E-state index contributed by atoms with van der Waals surface area (Å²) < 4.78 is 6.92. The fourth-order valence-corrected chi connectivity index (χ4v) is 3.22. The molecule has 0 unspecified atom stereocenters. The summed E-state index contributed by atoms with van der Waals surface area (Å²) in [5, 5.41) is 13.3. The van der Waals surface area contributed by atoms with E-state index in [2.05, 4.69) is 5.32 Å². The van der Waals surface area contributed by atoms with Crippen molar-refractivity contribution >= 4 is 33.8 Å². The van der Waals surface area contributed by atoms with Crippen molar-refractivity contribution in [1.82, 2.24) is 3.96 Å². The van der Waals surface area contributed by atoms with Gasteiger partial charge in [0.05, 0.1) is 11.6 Å². The van der Waals surface area contributed by atoms with Gasteiger partial charge in [-0.2, -0.15) is 5.26 Å². The van der Waals surface area contributed by atoms with Gasteiger partial charge in [0.1, 0.15) is 16.8 Å². The quantitative estimate of drug-likeness (QED) is 0.926. The van der Waals surface area contributed by atoms with E-state index >= 15 is 0 Å². The maximum Gasteiger partial charge on any atom is 0.280 e. The van der Waals surface area contributed by atoms with Gasteiger partial charge in [-0.1, -0.05) is 11.6 Å². The minimum atomic E-state index is -0.290. The number of halogens is 1. The van der Waals surface area contributed by atoms with E-state index in [4.69, 9.17) is 21.6 Å². The molecular formula is C13H10ClN3O2S. The average molecular weight is 308 g/mol. The minimum Gasteiger partial charge on any atom is -0.491 e. The van der Waals surface area contributed by atoms with Gasteiger partial charge < -0.3 is 10.1 Å². The van der Waals surface area contributed by atoms with Crippen molar-refractivity contribution < 1.29 is 4.74 Å². The molecule has 1 N–H and O–H groups in total. The predicted octanol–water partition coefficient (Wildman–Crippen LogP) is 2.65. The smallest absolute Gasteiger partial charge is 0.280 e. The summed E-state index contributed by atoms with van der Waals surface area (Å²) in [6.45, 7) is 0.587. The monoisotopic (exact) mass is 307 g/mol. The van der Waals surface area contributed by atoms with E-state index in [1.807, 2.05) is 12.1 Å². The zero-order valence-electron chi connectivity index (χ0n) is 10.6. The van der Waals surface area contributed by atoms with Gasteiger partial charge in [0.2, 0.25) is 0 Å². The van der Waals surface area contributed by atoms with Crippen molar-refractivity contribution in [1.29, 1.82) is 5.26 Å². The lowest BCUT2D eigenvalue weighted by Crippen LogP contribution is -2.11. The molecule has 20 heavy (non-hydrogen) atoms. The Morgan fingerprint density at radius 1 is 1.55 bits per heavy atom. The normalized spacial score (nSPS) is 12.7. The van der Waals surface area contributed by atoms with Crippen LogP contribution in [-0.2, 0) is 13.5 Å². The van der Waals surface area contributed by atoms with Crippen molar-refractivity contribution in [3.8, 4) is 11.8 Å². The van der Waals surface area contributed by atoms with Gasteiger partial charge >= 0.3 is 0 Å². The van der Waals surface area contributed by atoms with Crippen LogP contribution in [0, 0.1) is 11.3 Å². The fourth-order valence-electron chi connectivity index (χ4n) is 2.16. The van der Waals surface area contributed by atoms with Gasteiger partial charge in [-0.25, -0.2) is 0 Å². The molecule has 0 amide bonds. The molecule has 0 fully saturated rings. The Kier molecular flexibility index (Phi) is 3.16. The first kappa shape index (κ1) is 13.0. The number of anilines is 2. The second-order valence-electron chi connectivity index (χ2n) is 4.34. The van der Waals surface area contributed by atoms with Crippen LogP contribution in [0.4, 0.5) is 10.7 Å². The SMILES string of the molecule is Cn1sc(Nc2ccc(Cl)c3c2CCO3)c(C#N)c1=O. The summed E-state index contributed by atoms with van der Waals surface area (Å²) in [6.07, 6.45) is 0.752. The second-order valence-corrected chi connectivity index (χ2v) is 5.88. The molecule has 1 aromatic carbocycles. The standard InChI is InChI=1S/C13H10ClN3O2S/c1-17-13(18)8(6-15)12(20-17)16-10-3-2-9(14)11-7(10)4-5-19-11/h2-3,16H,4-5H2,1H3. The number of aromatic nitrogens is 1. The van der Waals surface area contributed by atoms with E-state index in [-0.39, 0.29) is 11.1 Å². The fraction of sp³-hybridized carbons (Fsp3) is 0.231. The molecule has 3 rings (SSSR count). The zero-order chi connectivity index (χ0) is 14.3. The molecule has 0 saturated heterocycles. The number of rotatable bonds is 2. The maximum atomic E-state index is 11.8. The van der Waals surface area contributed by atoms with Crippen LogP contribution in [-0.4, -0.2) is 10.6 Å². The highest BCUT2D eigenvalue weighted by molar-refractivity contribution is 7.11. The molecule has 0 radical (unpaired) electrons. The largest absolute Gasteiger partial charge is 0.491 e. The van der Waals surface area contributed by atoms with Crippen LogP contribution in [0.5, 0.6) is 5.75 Å². The summed E-state index contributed by atoms with van der Waals surface area (Å²) in [7, 11) is 1.63. The molecule has 1 aromatic heterocycles. The third-order valence-corrected chi connectivity index (χ3v) is 4.35. The van der Waals surface area contributed by atoms with Crippen LogP contribution >= 0.6 is 23.1 Å². The van der Waals surface area contributed by atoms with Crippen molar-refractivity contribution in [2.75, 3.05) is 11.9 Å². The van der Waals surface area contributed by atoms with Gasteiger partial charge in [0.15, 0.2) is 5.56 Å². The van der Waals surface area contributed by atoms with Crippen LogP contribution < -0.4 is 15.6 Å². The Morgan fingerprint density at radius 2 is 2.35 bits per heavy atom. The second kappa shape index (κ2) is 4.85. The van der Waals surface area contributed by atoms with Crippen molar-refractivity contribution in [2.45, 2.75) is 6.42 Å². The predicted molar refractivity (Wildman–Crippen MR) is 78.2 cm³/mol. The first-order valence-corrected chi connectivity index (χ1v) is 7.08. The van der Waals surface area contributed by atoms with Crippen molar-refractivity contribution in [3.05, 3.63) is 38.6 Å². The molecular weight excluding hydrogens is 298 g/mol. The van der Waals surface area contributed by atoms with Crippen LogP contribution in [0.1, 0.15) is 11.1 Å². The van der Waals surface area contributed by atoms with Crippen molar-refractivity contribution in [3.63, 3.8) is 0 Å². The number of benzene rings is 1. The summed E-state index contributed by atoms with van der Waals surface area (Å²) in [4.78, 5) is 11.8. The van der Waals surface area contributed by atoms with E-state index in [1.54, 1.807) is 13.1 Å². The molecule has 0 saturated carbocycles. The lowest BCUT2D eigenvalue weighted by atomic mass is 10.1. The number of nitriles is 1. The molecule has 0 atom stereocenters. The summed E-state index contributed by atoms with van der Waals surface area (Å²) in [5.74, 6) is 0.679. The Bertz CT molecular complexity index is 788. The molecule has 102 valence electrons. The van der Waals surface area contributed by atoms with Crippen LogP contribution in [0.3, 0.4) is 0 Å². The van der Waals surface area contributed by atoms with Crippen LogP contribution in [0.15, 0.2) is 16.9 Å². The molecule has 1 aliphatic heterocycles. The first-order chi connectivity index (χ1) is 9.61. The topological polar surface area (TPSA) is 67.1 Å². The molecule has 1 aliphatic rings. The lowest BCUT2D eigenvalue weighted by Gasteiger charge is -2.09. The molecule has 2 aromatic rings. The molecule has 5 nitrogen and oxygen atoms in total. The summed E-state index contributed by atoms with van der Waals surface area (Å²) >= 11 is 7.28. The van der Waals surface area contributed by atoms with E-state index in [1.165, 1.54) is 15.5 Å². The number of aryl methyl sites for hydroxylation is 1. The number of hydrogen-bond donors (Lipinski definition) is 1. The molecule has 2 heterocycles. The van der Waals surface area contributed by atoms with E-state index in [0.717, 1.165) is 17.7 Å². The Balaban J connectivity index is 2.06. The van der Waals surface area contributed by atoms with Crippen molar-refractivity contribution in [2.24, 2.45) is 7.05 Å². The molecule has 7 heteroatoms. The maximum absolute atomic E-state index is 11.8. The van der Waals surface area contributed by atoms with Gasteiger partial charge in [-0.3, -0.25) is 8.75 Å². The van der Waals surface area contributed by atoms with Crippen LogP contribution in [0.2, 0.25) is 5.02 Å². The Hall–Kier alpha value is -1.97. The van der Waals surface area contributed by atoms with Gasteiger partial charge in [-0.05, 0) is 23.7 Å². The number of fused-ring (bicyclic) bond motifs is 1. The van der Waals surface area contributed by atoms with Gasteiger partial charge in [0, 0.05) is 24.7 Å². The summed E-state index contributed by atoms with van der Waals surface area (Å²) in [6, 6.07) is 5.52. The lowest BCUT2D eigenvalue weighted by molar-refractivity contribution is 0.357. The number of hydrogen-bond acceptors (Lipinski definition) is 5. The summed E-state index contributed by atoms with van der Waals surface area (Å²) in [5.41, 5.74) is 1.63. The minimum absolute atomic E-state index is 0.125. The van der Waals surface area contributed by atoms with Crippen LogP contribution in [0.25, 0.3) is 0 Å². The first-order valence-electron chi connectivity index (χ1n) is 5.93.